The van der Waals surface area contributed by atoms with E-state index in [0.717, 1.165) is 40.0 Å². The van der Waals surface area contributed by atoms with Crippen LogP contribution >= 0.6 is 11.3 Å². The molecule has 0 radical (unpaired) electrons. The number of ether oxygens (including phenoxy) is 2. The Bertz CT molecular complexity index is 1220. The van der Waals surface area contributed by atoms with Gasteiger partial charge in [0.25, 0.3) is 5.91 Å². The molecule has 33 heavy (non-hydrogen) atoms. The first kappa shape index (κ1) is 22.9. The van der Waals surface area contributed by atoms with Gasteiger partial charge in [-0.05, 0) is 42.4 Å². The molecular weight excluding hydrogens is 434 g/mol. The summed E-state index contributed by atoms with van der Waals surface area (Å²) in [5.41, 5.74) is 4.63. The summed E-state index contributed by atoms with van der Waals surface area (Å²) in [6.45, 7) is 2.34. The van der Waals surface area contributed by atoms with Gasteiger partial charge in [-0.1, -0.05) is 53.8 Å². The van der Waals surface area contributed by atoms with Crippen molar-refractivity contribution in [3.8, 4) is 16.9 Å². The molecule has 4 rings (SSSR count). The van der Waals surface area contributed by atoms with Gasteiger partial charge >= 0.3 is 0 Å². The molecule has 1 N–H and O–H groups in total. The molecule has 0 spiro atoms. The Morgan fingerprint density at radius 1 is 1.03 bits per heavy atom. The van der Waals surface area contributed by atoms with Crippen LogP contribution in [0.1, 0.15) is 15.9 Å². The van der Waals surface area contributed by atoms with Crippen molar-refractivity contribution in [1.29, 1.82) is 0 Å². The Morgan fingerprint density at radius 2 is 1.79 bits per heavy atom. The summed E-state index contributed by atoms with van der Waals surface area (Å²) in [5, 5.41) is 3.49. The summed E-state index contributed by atoms with van der Waals surface area (Å²) >= 11 is 1.45. The van der Waals surface area contributed by atoms with Gasteiger partial charge in [-0.3, -0.25) is 15.0 Å². The standard InChI is InChI=1S/C26H27N3O3S/c1-29(15-16-31-2)17-18-9-11-20(12-10-18)25(30)28-26-27-23-22(32-3)14-13-21(24(23)33-26)19-7-5-4-6-8-19/h4-14H,15-17H2,1-3H3,(H,27,28,30). The lowest BCUT2D eigenvalue weighted by atomic mass is 10.1. The van der Waals surface area contributed by atoms with Gasteiger partial charge in [-0.2, -0.15) is 0 Å². The molecule has 0 fully saturated rings. The summed E-state index contributed by atoms with van der Waals surface area (Å²) in [7, 11) is 5.37. The molecular formula is C26H27N3O3S. The molecule has 1 heterocycles. The summed E-state index contributed by atoms with van der Waals surface area (Å²) in [5.74, 6) is 0.497. The number of hydrogen-bond acceptors (Lipinski definition) is 6. The first-order valence-electron chi connectivity index (χ1n) is 10.7. The van der Waals surface area contributed by atoms with Gasteiger partial charge < -0.3 is 9.47 Å². The third kappa shape index (κ3) is 5.39. The third-order valence-electron chi connectivity index (χ3n) is 5.38. The van der Waals surface area contributed by atoms with E-state index in [2.05, 4.69) is 27.3 Å². The fourth-order valence-electron chi connectivity index (χ4n) is 3.62. The molecule has 3 aromatic carbocycles. The van der Waals surface area contributed by atoms with Crippen molar-refractivity contribution in [1.82, 2.24) is 9.88 Å². The zero-order valence-corrected chi connectivity index (χ0v) is 19.8. The highest BCUT2D eigenvalue weighted by atomic mass is 32.1. The maximum absolute atomic E-state index is 12.9. The van der Waals surface area contributed by atoms with E-state index in [1.54, 1.807) is 14.2 Å². The van der Waals surface area contributed by atoms with Gasteiger partial charge in [-0.15, -0.1) is 0 Å². The molecule has 6 nitrogen and oxygen atoms in total. The van der Waals surface area contributed by atoms with Gasteiger partial charge in [0, 0.05) is 31.3 Å². The number of aromatic nitrogens is 1. The Hall–Kier alpha value is -3.26. The molecule has 0 saturated carbocycles. The van der Waals surface area contributed by atoms with Gasteiger partial charge in [-0.25, -0.2) is 4.98 Å². The molecule has 0 atom stereocenters. The van der Waals surface area contributed by atoms with E-state index >= 15 is 0 Å². The molecule has 0 unspecified atom stereocenters. The molecule has 170 valence electrons. The van der Waals surface area contributed by atoms with Gasteiger partial charge in [0.2, 0.25) is 0 Å². The van der Waals surface area contributed by atoms with Crippen LogP contribution in [0.2, 0.25) is 0 Å². The molecule has 0 bridgehead atoms. The minimum Gasteiger partial charge on any atom is -0.494 e. The Morgan fingerprint density at radius 3 is 2.48 bits per heavy atom. The lowest BCUT2D eigenvalue weighted by Crippen LogP contribution is -2.22. The van der Waals surface area contributed by atoms with Crippen LogP contribution in [-0.2, 0) is 11.3 Å². The SMILES string of the molecule is COCCN(C)Cc1ccc(C(=O)Nc2nc3c(OC)ccc(-c4ccccc4)c3s2)cc1. The van der Waals surface area contributed by atoms with Crippen molar-refractivity contribution in [2.45, 2.75) is 6.54 Å². The average Bonchev–Trinajstić information content (AvgIpc) is 3.26. The maximum atomic E-state index is 12.9. The van der Waals surface area contributed by atoms with Crippen molar-refractivity contribution in [2.75, 3.05) is 39.7 Å². The van der Waals surface area contributed by atoms with Crippen LogP contribution in [0.25, 0.3) is 21.3 Å². The zero-order chi connectivity index (χ0) is 23.2. The topological polar surface area (TPSA) is 63.7 Å². The van der Waals surface area contributed by atoms with E-state index in [1.807, 2.05) is 61.6 Å². The van der Waals surface area contributed by atoms with Crippen molar-refractivity contribution in [3.63, 3.8) is 0 Å². The first-order valence-corrected chi connectivity index (χ1v) is 11.5. The second-order valence-corrected chi connectivity index (χ2v) is 8.76. The highest BCUT2D eigenvalue weighted by molar-refractivity contribution is 7.23. The van der Waals surface area contributed by atoms with Crippen LogP contribution in [0.5, 0.6) is 5.75 Å². The minimum absolute atomic E-state index is 0.187. The van der Waals surface area contributed by atoms with Crippen molar-refractivity contribution >= 4 is 32.6 Å². The third-order valence-corrected chi connectivity index (χ3v) is 6.38. The largest absolute Gasteiger partial charge is 0.494 e. The second-order valence-electron chi connectivity index (χ2n) is 7.76. The second kappa shape index (κ2) is 10.6. The number of amides is 1. The van der Waals surface area contributed by atoms with E-state index in [4.69, 9.17) is 9.47 Å². The van der Waals surface area contributed by atoms with Crippen LogP contribution < -0.4 is 10.1 Å². The number of carbonyl (C=O) groups excluding carboxylic acids is 1. The summed E-state index contributed by atoms with van der Waals surface area (Å²) in [6, 6.07) is 21.7. The Balaban J connectivity index is 1.53. The zero-order valence-electron chi connectivity index (χ0n) is 19.0. The fourth-order valence-corrected chi connectivity index (χ4v) is 4.63. The number of anilines is 1. The Kier molecular flexibility index (Phi) is 7.34. The fraction of sp³-hybridized carbons (Fsp3) is 0.231. The molecule has 0 aliphatic rings. The molecule has 7 heteroatoms. The summed E-state index contributed by atoms with van der Waals surface area (Å²) < 4.78 is 11.6. The van der Waals surface area contributed by atoms with Gasteiger partial charge in [0.1, 0.15) is 11.3 Å². The van der Waals surface area contributed by atoms with Crippen LogP contribution in [0.4, 0.5) is 5.13 Å². The van der Waals surface area contributed by atoms with Crippen LogP contribution in [0, 0.1) is 0 Å². The van der Waals surface area contributed by atoms with E-state index in [-0.39, 0.29) is 5.91 Å². The van der Waals surface area contributed by atoms with E-state index < -0.39 is 0 Å². The predicted molar refractivity (Wildman–Crippen MR) is 134 cm³/mol. The highest BCUT2D eigenvalue weighted by Gasteiger charge is 2.16. The number of benzene rings is 3. The van der Waals surface area contributed by atoms with Crippen LogP contribution in [0.3, 0.4) is 0 Å². The number of thiazole rings is 1. The number of methoxy groups -OCH3 is 2. The number of carbonyl (C=O) groups is 1. The number of fused-ring (bicyclic) bond motifs is 1. The van der Waals surface area contributed by atoms with Crippen LogP contribution in [0.15, 0.2) is 66.7 Å². The normalized spacial score (nSPS) is 11.2. The van der Waals surface area contributed by atoms with Gasteiger partial charge in [0.05, 0.1) is 18.4 Å². The molecule has 4 aromatic rings. The number of likely N-dealkylation sites (N-methyl/N-ethyl adjacent to an activating group) is 1. The lowest BCUT2D eigenvalue weighted by molar-refractivity contribution is 0.102. The average molecular weight is 462 g/mol. The highest BCUT2D eigenvalue weighted by Crippen LogP contribution is 2.39. The lowest BCUT2D eigenvalue weighted by Gasteiger charge is -2.16. The van der Waals surface area contributed by atoms with E-state index in [1.165, 1.54) is 11.3 Å². The first-order chi connectivity index (χ1) is 16.1. The number of rotatable bonds is 9. The van der Waals surface area contributed by atoms with E-state index in [9.17, 15) is 4.79 Å². The predicted octanol–water partition coefficient (Wildman–Crippen LogP) is 5.30. The number of hydrogen-bond donors (Lipinski definition) is 1. The van der Waals surface area contributed by atoms with Crippen molar-refractivity contribution in [2.24, 2.45) is 0 Å². The van der Waals surface area contributed by atoms with Crippen LogP contribution in [-0.4, -0.2) is 50.2 Å². The molecule has 0 aliphatic heterocycles. The monoisotopic (exact) mass is 461 g/mol. The van der Waals surface area contributed by atoms with Crippen molar-refractivity contribution in [3.05, 3.63) is 77.9 Å². The smallest absolute Gasteiger partial charge is 0.257 e. The minimum atomic E-state index is -0.187. The number of nitrogens with zero attached hydrogens (tertiary/aromatic N) is 2. The quantitative estimate of drug-likeness (QED) is 0.366. The summed E-state index contributed by atoms with van der Waals surface area (Å²) in [4.78, 5) is 19.7. The van der Waals surface area contributed by atoms with Crippen molar-refractivity contribution < 1.29 is 14.3 Å². The summed E-state index contributed by atoms with van der Waals surface area (Å²) in [6.07, 6.45) is 0. The Labute approximate surface area is 197 Å². The molecule has 1 amide bonds. The number of nitrogens with one attached hydrogen (secondary N) is 1. The van der Waals surface area contributed by atoms with Gasteiger partial charge in [0.15, 0.2) is 5.13 Å². The molecule has 0 aliphatic carbocycles. The maximum Gasteiger partial charge on any atom is 0.257 e. The molecule has 1 aromatic heterocycles. The molecule has 0 saturated heterocycles. The van der Waals surface area contributed by atoms with E-state index in [0.29, 0.717) is 23.1 Å².